The maximum Gasteiger partial charge on any atom is 0.177 e. The molecule has 0 rings (SSSR count). The summed E-state index contributed by atoms with van der Waals surface area (Å²) in [5.74, 6) is -0.0264. The molecule has 2 N–H and O–H groups in total. The Balaban J connectivity index is 4.10. The van der Waals surface area contributed by atoms with E-state index in [1.807, 2.05) is 27.7 Å². The van der Waals surface area contributed by atoms with Crippen molar-refractivity contribution >= 4 is 5.78 Å². The van der Waals surface area contributed by atoms with E-state index in [1.165, 1.54) is 0 Å². The van der Waals surface area contributed by atoms with Crippen LogP contribution in [0.2, 0.25) is 0 Å². The van der Waals surface area contributed by atoms with Crippen LogP contribution in [0, 0.1) is 0 Å². The maximum absolute atomic E-state index is 11.6. The number of Topliss-reactive ketones (excluding diaryl/α,β-unsaturated/α-hetero) is 1. The van der Waals surface area contributed by atoms with Crippen molar-refractivity contribution in [2.75, 3.05) is 6.61 Å². The number of carbonyl (C=O) groups is 1. The molecule has 0 aromatic carbocycles. The molecule has 0 aliphatic rings. The van der Waals surface area contributed by atoms with Gasteiger partial charge in [0.2, 0.25) is 0 Å². The predicted molar refractivity (Wildman–Crippen MR) is 58.2 cm³/mol. The van der Waals surface area contributed by atoms with E-state index in [9.17, 15) is 4.79 Å². The molecule has 1 atom stereocenters. The van der Waals surface area contributed by atoms with Crippen molar-refractivity contribution in [2.24, 2.45) is 5.73 Å². The third-order valence-electron chi connectivity index (χ3n) is 2.82. The number of hydrogen-bond donors (Lipinski definition) is 1. The average molecular weight is 201 g/mol. The van der Waals surface area contributed by atoms with Crippen LogP contribution in [0.4, 0.5) is 0 Å². The lowest BCUT2D eigenvalue weighted by atomic mass is 9.95. The van der Waals surface area contributed by atoms with Gasteiger partial charge in [0.1, 0.15) is 6.61 Å². The van der Waals surface area contributed by atoms with Crippen molar-refractivity contribution in [3.05, 3.63) is 0 Å². The molecular weight excluding hydrogens is 178 g/mol. The van der Waals surface area contributed by atoms with Crippen LogP contribution in [0.25, 0.3) is 0 Å². The second kappa shape index (κ2) is 4.89. The molecule has 0 amide bonds. The molecule has 3 heteroatoms. The summed E-state index contributed by atoms with van der Waals surface area (Å²) in [7, 11) is 0. The normalized spacial score (nSPS) is 16.4. The summed E-state index contributed by atoms with van der Waals surface area (Å²) in [4.78, 5) is 11.6. The Morgan fingerprint density at radius 3 is 2.07 bits per heavy atom. The van der Waals surface area contributed by atoms with Gasteiger partial charge in [-0.15, -0.1) is 0 Å². The van der Waals surface area contributed by atoms with Crippen molar-refractivity contribution in [3.63, 3.8) is 0 Å². The zero-order valence-electron chi connectivity index (χ0n) is 10.0. The monoisotopic (exact) mass is 201 g/mol. The smallest absolute Gasteiger partial charge is 0.177 e. The Bertz CT molecular complexity index is 197. The van der Waals surface area contributed by atoms with Crippen LogP contribution in [0.1, 0.15) is 47.5 Å². The van der Waals surface area contributed by atoms with Gasteiger partial charge in [-0.25, -0.2) is 0 Å². The van der Waals surface area contributed by atoms with E-state index in [2.05, 4.69) is 0 Å². The fourth-order valence-electron chi connectivity index (χ4n) is 0.725. The first-order valence-corrected chi connectivity index (χ1v) is 5.21. The molecule has 0 aromatic rings. The van der Waals surface area contributed by atoms with Gasteiger partial charge < -0.3 is 10.5 Å². The number of nitrogens with two attached hydrogens (primary N) is 1. The van der Waals surface area contributed by atoms with Gasteiger partial charge in [0.25, 0.3) is 0 Å². The van der Waals surface area contributed by atoms with Crippen LogP contribution in [-0.2, 0) is 9.53 Å². The minimum atomic E-state index is -0.746. The van der Waals surface area contributed by atoms with E-state index in [4.69, 9.17) is 10.5 Å². The second-order valence-electron chi connectivity index (χ2n) is 4.60. The first-order valence-electron chi connectivity index (χ1n) is 5.21. The van der Waals surface area contributed by atoms with E-state index in [1.54, 1.807) is 6.92 Å². The molecule has 0 spiro atoms. The molecule has 1 unspecified atom stereocenters. The fourth-order valence-corrected chi connectivity index (χ4v) is 0.725. The Morgan fingerprint density at radius 2 is 1.71 bits per heavy atom. The molecule has 14 heavy (non-hydrogen) atoms. The summed E-state index contributed by atoms with van der Waals surface area (Å²) in [6.45, 7) is 9.74. The Labute approximate surface area is 87.0 Å². The van der Waals surface area contributed by atoms with Crippen molar-refractivity contribution in [3.8, 4) is 0 Å². The van der Waals surface area contributed by atoms with Gasteiger partial charge in [-0.1, -0.05) is 13.8 Å². The molecule has 84 valence electrons. The quantitative estimate of drug-likeness (QED) is 0.714. The van der Waals surface area contributed by atoms with Gasteiger partial charge in [0.05, 0.1) is 11.1 Å². The van der Waals surface area contributed by atoms with Gasteiger partial charge in [0, 0.05) is 0 Å². The van der Waals surface area contributed by atoms with E-state index in [0.717, 1.165) is 6.42 Å². The van der Waals surface area contributed by atoms with E-state index >= 15 is 0 Å². The van der Waals surface area contributed by atoms with Crippen LogP contribution in [-0.4, -0.2) is 23.5 Å². The number of hydrogen-bond acceptors (Lipinski definition) is 3. The Morgan fingerprint density at radius 1 is 1.21 bits per heavy atom. The second-order valence-corrected chi connectivity index (χ2v) is 4.60. The maximum atomic E-state index is 11.6. The van der Waals surface area contributed by atoms with Crippen LogP contribution in [0.3, 0.4) is 0 Å². The van der Waals surface area contributed by atoms with Gasteiger partial charge in [-0.05, 0) is 33.6 Å². The average Bonchev–Trinajstić information content (AvgIpc) is 2.14. The highest BCUT2D eigenvalue weighted by molar-refractivity contribution is 5.88. The first-order chi connectivity index (χ1) is 6.25. The van der Waals surface area contributed by atoms with Crippen LogP contribution < -0.4 is 5.73 Å². The Hall–Kier alpha value is -0.410. The van der Waals surface area contributed by atoms with Crippen molar-refractivity contribution in [1.29, 1.82) is 0 Å². The molecule has 0 aromatic heterocycles. The van der Waals surface area contributed by atoms with Crippen LogP contribution in [0.15, 0.2) is 0 Å². The zero-order chi connectivity index (χ0) is 11.4. The number of rotatable bonds is 6. The summed E-state index contributed by atoms with van der Waals surface area (Å²) in [6.07, 6.45) is 1.52. The van der Waals surface area contributed by atoms with Gasteiger partial charge in [-0.3, -0.25) is 4.79 Å². The third kappa shape index (κ3) is 4.20. The van der Waals surface area contributed by atoms with E-state index < -0.39 is 5.54 Å². The molecule has 0 bridgehead atoms. The lowest BCUT2D eigenvalue weighted by Gasteiger charge is -2.26. The SMILES string of the molecule is CCC(C)(C)OCC(=O)C(C)(N)CC. The van der Waals surface area contributed by atoms with Crippen LogP contribution >= 0.6 is 0 Å². The summed E-state index contributed by atoms with van der Waals surface area (Å²) >= 11 is 0. The third-order valence-corrected chi connectivity index (χ3v) is 2.82. The molecule has 0 heterocycles. The molecule has 0 saturated carbocycles. The first kappa shape index (κ1) is 13.6. The summed E-state index contributed by atoms with van der Waals surface area (Å²) in [6, 6.07) is 0. The lowest BCUT2D eigenvalue weighted by molar-refractivity contribution is -0.134. The number of carbonyl (C=O) groups excluding carboxylic acids is 1. The van der Waals surface area contributed by atoms with E-state index in [-0.39, 0.29) is 18.0 Å². The molecule has 3 nitrogen and oxygen atoms in total. The minimum absolute atomic E-state index is 0.0264. The van der Waals surface area contributed by atoms with Crippen LogP contribution in [0.5, 0.6) is 0 Å². The molecule has 0 radical (unpaired) electrons. The zero-order valence-corrected chi connectivity index (χ0v) is 10.0. The molecule has 0 saturated heterocycles. The topological polar surface area (TPSA) is 52.3 Å². The number of ketones is 1. The molecule has 0 aliphatic carbocycles. The Kier molecular flexibility index (Phi) is 4.75. The van der Waals surface area contributed by atoms with Crippen molar-refractivity contribution < 1.29 is 9.53 Å². The molecule has 0 fully saturated rings. The fraction of sp³-hybridized carbons (Fsp3) is 0.909. The number of ether oxygens (including phenoxy) is 1. The minimum Gasteiger partial charge on any atom is -0.368 e. The summed E-state index contributed by atoms with van der Waals surface area (Å²) < 4.78 is 5.50. The van der Waals surface area contributed by atoms with Gasteiger partial charge >= 0.3 is 0 Å². The van der Waals surface area contributed by atoms with Crippen molar-refractivity contribution in [1.82, 2.24) is 0 Å². The highest BCUT2D eigenvalue weighted by atomic mass is 16.5. The lowest BCUT2D eigenvalue weighted by Crippen LogP contribution is -2.47. The molecule has 0 aliphatic heterocycles. The van der Waals surface area contributed by atoms with Gasteiger partial charge in [0.15, 0.2) is 5.78 Å². The van der Waals surface area contributed by atoms with Crippen molar-refractivity contribution in [2.45, 2.75) is 58.6 Å². The van der Waals surface area contributed by atoms with Gasteiger partial charge in [-0.2, -0.15) is 0 Å². The predicted octanol–water partition coefficient (Wildman–Crippen LogP) is 1.89. The molecular formula is C11H23NO2. The largest absolute Gasteiger partial charge is 0.368 e. The summed E-state index contributed by atoms with van der Waals surface area (Å²) in [5.41, 5.74) is 4.82. The standard InChI is InChI=1S/C11H23NO2/c1-6-10(3,4)14-8-9(13)11(5,12)7-2/h6-8,12H2,1-5H3. The summed E-state index contributed by atoms with van der Waals surface area (Å²) in [5, 5.41) is 0. The highest BCUT2D eigenvalue weighted by Crippen LogP contribution is 2.15. The van der Waals surface area contributed by atoms with E-state index in [0.29, 0.717) is 6.42 Å². The highest BCUT2D eigenvalue weighted by Gasteiger charge is 2.27.